The molecular weight excluding hydrogens is 252 g/mol. The van der Waals surface area contributed by atoms with Crippen LogP contribution in [0.5, 0.6) is 0 Å². The maximum absolute atomic E-state index is 2.52. The van der Waals surface area contributed by atoms with E-state index in [9.17, 15) is 0 Å². The molecule has 1 atom stereocenters. The van der Waals surface area contributed by atoms with Gasteiger partial charge in [0.1, 0.15) is 0 Å². The summed E-state index contributed by atoms with van der Waals surface area (Å²) < 4.78 is 0. The van der Waals surface area contributed by atoms with E-state index < -0.39 is 0 Å². The second-order valence-corrected chi connectivity index (χ2v) is 9.51. The monoisotopic (exact) mass is 282 g/mol. The molecule has 0 aliphatic heterocycles. The Bertz CT molecular complexity index is 633. The summed E-state index contributed by atoms with van der Waals surface area (Å²) in [7, 11) is 0. The molecule has 3 aliphatic rings. The summed E-state index contributed by atoms with van der Waals surface area (Å²) >= 11 is 0. The van der Waals surface area contributed by atoms with Crippen LogP contribution in [0.2, 0.25) is 0 Å². The fourth-order valence-electron chi connectivity index (χ4n) is 4.17. The van der Waals surface area contributed by atoms with E-state index in [4.69, 9.17) is 0 Å². The molecule has 0 saturated heterocycles. The van der Waals surface area contributed by atoms with Crippen LogP contribution in [0, 0.1) is 16.2 Å². The molecule has 1 fully saturated rings. The molecule has 0 N–H and O–H groups in total. The first-order valence-electron chi connectivity index (χ1n) is 8.32. The van der Waals surface area contributed by atoms with Crippen LogP contribution in [0.1, 0.15) is 68.2 Å². The summed E-state index contributed by atoms with van der Waals surface area (Å²) in [5.74, 6) is 0. The number of allylic oxidation sites excluding steroid dienone is 8. The summed E-state index contributed by atoms with van der Waals surface area (Å²) in [5, 5.41) is 0. The highest BCUT2D eigenvalue weighted by molar-refractivity contribution is 5.67. The van der Waals surface area contributed by atoms with Crippen molar-refractivity contribution in [2.75, 3.05) is 0 Å². The molecule has 0 bridgehead atoms. The van der Waals surface area contributed by atoms with E-state index in [2.05, 4.69) is 67.5 Å². The van der Waals surface area contributed by atoms with E-state index in [1.54, 1.807) is 27.9 Å². The molecule has 3 aliphatic carbocycles. The fourth-order valence-corrected chi connectivity index (χ4v) is 4.17. The molecule has 21 heavy (non-hydrogen) atoms. The second kappa shape index (κ2) is 4.03. The average Bonchev–Trinajstić information content (AvgIpc) is 2.70. The van der Waals surface area contributed by atoms with Gasteiger partial charge in [0.15, 0.2) is 0 Å². The Morgan fingerprint density at radius 2 is 1.62 bits per heavy atom. The van der Waals surface area contributed by atoms with Gasteiger partial charge in [0.05, 0.1) is 0 Å². The van der Waals surface area contributed by atoms with Gasteiger partial charge < -0.3 is 0 Å². The van der Waals surface area contributed by atoms with Crippen LogP contribution in [-0.4, -0.2) is 0 Å². The van der Waals surface area contributed by atoms with Gasteiger partial charge in [0, 0.05) is 5.41 Å². The van der Waals surface area contributed by atoms with Crippen LogP contribution < -0.4 is 0 Å². The number of hydrogen-bond acceptors (Lipinski definition) is 0. The molecule has 0 aromatic rings. The Hall–Kier alpha value is -1.04. The molecule has 0 heteroatoms. The third kappa shape index (κ3) is 2.28. The molecule has 3 rings (SSSR count). The van der Waals surface area contributed by atoms with Gasteiger partial charge in [0.25, 0.3) is 0 Å². The highest BCUT2D eigenvalue weighted by Gasteiger charge is 2.49. The Morgan fingerprint density at radius 1 is 1.00 bits per heavy atom. The summed E-state index contributed by atoms with van der Waals surface area (Å²) in [6.07, 6.45) is 7.44. The van der Waals surface area contributed by atoms with Crippen molar-refractivity contribution in [1.82, 2.24) is 0 Å². The van der Waals surface area contributed by atoms with Gasteiger partial charge in [-0.3, -0.25) is 0 Å². The largest absolute Gasteiger partial charge is 0.0706 e. The first-order valence-corrected chi connectivity index (χ1v) is 8.32. The minimum Gasteiger partial charge on any atom is -0.0706 e. The molecule has 0 spiro atoms. The van der Waals surface area contributed by atoms with Crippen molar-refractivity contribution in [1.29, 1.82) is 0 Å². The van der Waals surface area contributed by atoms with E-state index in [-0.39, 0.29) is 10.8 Å². The molecular formula is C21H30. The highest BCUT2D eigenvalue weighted by Crippen LogP contribution is 2.63. The van der Waals surface area contributed by atoms with Crippen LogP contribution in [0.3, 0.4) is 0 Å². The normalized spacial score (nSPS) is 29.0. The Morgan fingerprint density at radius 3 is 2.00 bits per heavy atom. The van der Waals surface area contributed by atoms with Crippen molar-refractivity contribution in [3.05, 3.63) is 45.6 Å². The van der Waals surface area contributed by atoms with E-state index in [1.807, 2.05) is 0 Å². The third-order valence-corrected chi connectivity index (χ3v) is 5.38. The molecule has 0 nitrogen and oxygen atoms in total. The molecule has 114 valence electrons. The maximum atomic E-state index is 2.52. The van der Waals surface area contributed by atoms with E-state index in [0.717, 1.165) is 6.42 Å². The minimum absolute atomic E-state index is 0.235. The molecule has 0 amide bonds. The quantitative estimate of drug-likeness (QED) is 0.524. The van der Waals surface area contributed by atoms with Gasteiger partial charge in [-0.05, 0) is 52.9 Å². The third-order valence-electron chi connectivity index (χ3n) is 5.38. The molecule has 0 aromatic heterocycles. The van der Waals surface area contributed by atoms with Crippen molar-refractivity contribution in [3.63, 3.8) is 0 Å². The zero-order chi connectivity index (χ0) is 15.8. The van der Waals surface area contributed by atoms with Gasteiger partial charge in [-0.1, -0.05) is 71.8 Å². The van der Waals surface area contributed by atoms with Crippen LogP contribution in [0.15, 0.2) is 45.6 Å². The smallest absolute Gasteiger partial charge is 0.0116 e. The van der Waals surface area contributed by atoms with Crippen molar-refractivity contribution in [2.45, 2.75) is 68.2 Å². The topological polar surface area (TPSA) is 0 Å². The molecule has 0 aromatic carbocycles. The zero-order valence-electron chi connectivity index (χ0n) is 15.1. The van der Waals surface area contributed by atoms with Gasteiger partial charge >= 0.3 is 0 Å². The predicted octanol–water partition coefficient (Wildman–Crippen LogP) is 6.37. The van der Waals surface area contributed by atoms with Crippen molar-refractivity contribution in [2.24, 2.45) is 16.2 Å². The van der Waals surface area contributed by atoms with Gasteiger partial charge in [-0.2, -0.15) is 0 Å². The van der Waals surface area contributed by atoms with Gasteiger partial charge in [-0.25, -0.2) is 0 Å². The first-order chi connectivity index (χ1) is 9.43. The Labute approximate surface area is 130 Å². The zero-order valence-corrected chi connectivity index (χ0v) is 15.1. The standard InChI is InChI=1S/C21H30/c1-13-11-21(8)12-17(21)18(13)14-9-15(19(2,3)4)16(10-14)20(5,6)7/h9,11H,10,12H2,1-8H3. The molecule has 0 radical (unpaired) electrons. The van der Waals surface area contributed by atoms with Crippen LogP contribution in [0.4, 0.5) is 0 Å². The minimum atomic E-state index is 0.235. The summed E-state index contributed by atoms with van der Waals surface area (Å²) in [4.78, 5) is 0. The Kier molecular flexibility index (Phi) is 2.85. The van der Waals surface area contributed by atoms with Crippen LogP contribution in [-0.2, 0) is 0 Å². The van der Waals surface area contributed by atoms with Crippen molar-refractivity contribution in [3.8, 4) is 0 Å². The van der Waals surface area contributed by atoms with Crippen molar-refractivity contribution < 1.29 is 0 Å². The lowest BCUT2D eigenvalue weighted by atomic mass is 9.76. The van der Waals surface area contributed by atoms with Gasteiger partial charge in [0.2, 0.25) is 0 Å². The average molecular weight is 282 g/mol. The lowest BCUT2D eigenvalue weighted by molar-refractivity contribution is 0.452. The van der Waals surface area contributed by atoms with E-state index >= 15 is 0 Å². The first kappa shape index (κ1) is 14.9. The molecule has 1 unspecified atom stereocenters. The summed E-state index contributed by atoms with van der Waals surface area (Å²) in [6, 6.07) is 0. The lowest BCUT2D eigenvalue weighted by Gasteiger charge is -2.29. The maximum Gasteiger partial charge on any atom is 0.0116 e. The van der Waals surface area contributed by atoms with Gasteiger partial charge in [-0.15, -0.1) is 0 Å². The SMILES string of the molecule is CC1=CC2(C)CC2=C1C1=CC(C(C)(C)C)=C(C(C)(C)C)C1. The van der Waals surface area contributed by atoms with E-state index in [1.165, 1.54) is 12.0 Å². The van der Waals surface area contributed by atoms with Crippen LogP contribution >= 0.6 is 0 Å². The Balaban J connectivity index is 2.03. The highest BCUT2D eigenvalue weighted by atomic mass is 14.5. The molecule has 1 saturated carbocycles. The summed E-state index contributed by atoms with van der Waals surface area (Å²) in [5.41, 5.74) is 10.5. The van der Waals surface area contributed by atoms with Crippen LogP contribution in [0.25, 0.3) is 0 Å². The summed E-state index contributed by atoms with van der Waals surface area (Å²) in [6.45, 7) is 18.8. The van der Waals surface area contributed by atoms with Crippen molar-refractivity contribution >= 4 is 0 Å². The number of fused-ring (bicyclic) bond motifs is 1. The predicted molar refractivity (Wildman–Crippen MR) is 92.1 cm³/mol. The van der Waals surface area contributed by atoms with E-state index in [0.29, 0.717) is 5.41 Å². The lowest BCUT2D eigenvalue weighted by Crippen LogP contribution is -2.16. The second-order valence-electron chi connectivity index (χ2n) is 9.51. The number of hydrogen-bond donors (Lipinski definition) is 0. The number of rotatable bonds is 1. The molecule has 0 heterocycles. The fraction of sp³-hybridized carbons (Fsp3) is 0.619.